The number of aldehydes is 1. The summed E-state index contributed by atoms with van der Waals surface area (Å²) in [4.78, 5) is 21.3. The highest BCUT2D eigenvalue weighted by molar-refractivity contribution is 5.69. The normalized spacial score (nSPS) is 22.9. The van der Waals surface area contributed by atoms with Crippen molar-refractivity contribution in [2.75, 3.05) is 6.61 Å². The maximum absolute atomic E-state index is 11.0. The first-order valence-corrected chi connectivity index (χ1v) is 5.12. The minimum absolute atomic E-state index is 0.0900. The highest BCUT2D eigenvalue weighted by Crippen LogP contribution is 2.16. The van der Waals surface area contributed by atoms with Gasteiger partial charge in [-0.2, -0.15) is 0 Å². The second kappa shape index (κ2) is 6.35. The Labute approximate surface area is 84.1 Å². The van der Waals surface area contributed by atoms with Crippen LogP contribution in [0.2, 0.25) is 0 Å². The Hall–Kier alpha value is -1.12. The average molecular weight is 196 g/mol. The number of cyclic esters (lactones) is 1. The zero-order valence-electron chi connectivity index (χ0n) is 8.33. The van der Waals surface area contributed by atoms with Crippen LogP contribution < -0.4 is 0 Å². The number of allylic oxidation sites excluding steroid dienone is 2. The van der Waals surface area contributed by atoms with Crippen LogP contribution in [0.25, 0.3) is 0 Å². The lowest BCUT2D eigenvalue weighted by atomic mass is 10.0. The number of esters is 1. The summed E-state index contributed by atoms with van der Waals surface area (Å²) < 4.78 is 4.99. The summed E-state index contributed by atoms with van der Waals surface area (Å²) in [5.74, 6) is -0.0900. The van der Waals surface area contributed by atoms with Crippen molar-refractivity contribution in [2.45, 2.75) is 38.5 Å². The maximum atomic E-state index is 11.0. The number of ether oxygens (including phenoxy) is 1. The lowest BCUT2D eigenvalue weighted by Gasteiger charge is -2.10. The summed E-state index contributed by atoms with van der Waals surface area (Å²) in [5, 5.41) is 0. The molecule has 1 aliphatic heterocycles. The molecule has 0 N–H and O–H groups in total. The van der Waals surface area contributed by atoms with Crippen molar-refractivity contribution in [2.24, 2.45) is 0 Å². The number of carbonyl (C=O) groups excluding carboxylic acids is 2. The minimum Gasteiger partial charge on any atom is -0.466 e. The maximum Gasteiger partial charge on any atom is 0.305 e. The Morgan fingerprint density at radius 2 is 1.79 bits per heavy atom. The SMILES string of the molecule is O=C/C=C1/CCCCC(=O)OCCC1. The molecule has 1 heterocycles. The van der Waals surface area contributed by atoms with Crippen molar-refractivity contribution in [3.8, 4) is 0 Å². The fraction of sp³-hybridized carbons (Fsp3) is 0.636. The van der Waals surface area contributed by atoms with Crippen molar-refractivity contribution in [3.63, 3.8) is 0 Å². The van der Waals surface area contributed by atoms with E-state index in [9.17, 15) is 9.59 Å². The summed E-state index contributed by atoms with van der Waals surface area (Å²) in [6, 6.07) is 0. The van der Waals surface area contributed by atoms with Crippen LogP contribution in [0, 0.1) is 0 Å². The quantitative estimate of drug-likeness (QED) is 0.366. The average Bonchev–Trinajstić information content (AvgIpc) is 2.19. The Balaban J connectivity index is 2.42. The van der Waals surface area contributed by atoms with E-state index in [0.717, 1.165) is 38.4 Å². The summed E-state index contributed by atoms with van der Waals surface area (Å²) in [6.45, 7) is 0.481. The van der Waals surface area contributed by atoms with Gasteiger partial charge in [0.05, 0.1) is 6.61 Å². The van der Waals surface area contributed by atoms with Gasteiger partial charge in [0.1, 0.15) is 6.29 Å². The molecule has 3 heteroatoms. The van der Waals surface area contributed by atoms with Crippen molar-refractivity contribution in [1.29, 1.82) is 0 Å². The molecule has 14 heavy (non-hydrogen) atoms. The highest BCUT2D eigenvalue weighted by atomic mass is 16.5. The van der Waals surface area contributed by atoms with Gasteiger partial charge < -0.3 is 4.74 Å². The third kappa shape index (κ3) is 4.21. The summed E-state index contributed by atoms with van der Waals surface area (Å²) >= 11 is 0. The van der Waals surface area contributed by atoms with Gasteiger partial charge in [0.25, 0.3) is 0 Å². The van der Waals surface area contributed by atoms with Gasteiger partial charge in [-0.15, -0.1) is 0 Å². The van der Waals surface area contributed by atoms with Gasteiger partial charge in [-0.1, -0.05) is 5.57 Å². The lowest BCUT2D eigenvalue weighted by molar-refractivity contribution is -0.143. The molecule has 0 aromatic rings. The number of carbonyl (C=O) groups is 2. The third-order valence-corrected chi connectivity index (χ3v) is 2.34. The Bertz CT molecular complexity index is 215. The molecule has 0 unspecified atom stereocenters. The molecule has 1 aliphatic rings. The summed E-state index contributed by atoms with van der Waals surface area (Å²) in [7, 11) is 0. The van der Waals surface area contributed by atoms with E-state index in [-0.39, 0.29) is 5.97 Å². The smallest absolute Gasteiger partial charge is 0.305 e. The second-order valence-corrected chi connectivity index (χ2v) is 3.49. The molecule has 78 valence electrons. The number of rotatable bonds is 1. The summed E-state index contributed by atoms with van der Waals surface area (Å²) in [5.41, 5.74) is 1.18. The monoisotopic (exact) mass is 196 g/mol. The molecule has 0 amide bonds. The standard InChI is InChI=1S/C11H16O3/c12-8-7-10-4-1-2-6-11(13)14-9-3-5-10/h7-8H,1-6,9H2/b10-7-. The van der Waals surface area contributed by atoms with Crippen LogP contribution in [0.3, 0.4) is 0 Å². The molecule has 0 aliphatic carbocycles. The van der Waals surface area contributed by atoms with E-state index < -0.39 is 0 Å². The van der Waals surface area contributed by atoms with Crippen molar-refractivity contribution < 1.29 is 14.3 Å². The second-order valence-electron chi connectivity index (χ2n) is 3.49. The van der Waals surface area contributed by atoms with E-state index in [1.807, 2.05) is 0 Å². The molecule has 0 saturated carbocycles. The molecule has 0 atom stereocenters. The molecule has 0 aromatic carbocycles. The van der Waals surface area contributed by atoms with E-state index >= 15 is 0 Å². The predicted octanol–water partition coefficient (Wildman–Crippen LogP) is 2.01. The molecule has 1 rings (SSSR count). The van der Waals surface area contributed by atoms with Crippen molar-refractivity contribution in [3.05, 3.63) is 11.6 Å². The van der Waals surface area contributed by atoms with Crippen LogP contribution in [-0.2, 0) is 14.3 Å². The fourth-order valence-electron chi connectivity index (χ4n) is 1.57. The van der Waals surface area contributed by atoms with Gasteiger partial charge in [-0.05, 0) is 38.2 Å². The van der Waals surface area contributed by atoms with Crippen LogP contribution in [-0.4, -0.2) is 18.9 Å². The van der Waals surface area contributed by atoms with Gasteiger partial charge in [0.15, 0.2) is 0 Å². The van der Waals surface area contributed by atoms with Crippen LogP contribution in [0.15, 0.2) is 11.6 Å². The Kier molecular flexibility index (Phi) is 4.97. The number of hydrogen-bond donors (Lipinski definition) is 0. The summed E-state index contributed by atoms with van der Waals surface area (Å²) in [6.07, 6.45) is 7.44. The topological polar surface area (TPSA) is 43.4 Å². The van der Waals surface area contributed by atoms with Gasteiger partial charge in [0, 0.05) is 6.42 Å². The molecule has 0 bridgehead atoms. The van der Waals surface area contributed by atoms with E-state index in [0.29, 0.717) is 13.0 Å². The van der Waals surface area contributed by atoms with Gasteiger partial charge in [-0.3, -0.25) is 9.59 Å². The zero-order valence-corrected chi connectivity index (χ0v) is 8.33. The number of hydrogen-bond acceptors (Lipinski definition) is 3. The van der Waals surface area contributed by atoms with E-state index in [1.54, 1.807) is 6.08 Å². The molecular formula is C11H16O3. The predicted molar refractivity (Wildman–Crippen MR) is 52.8 cm³/mol. The molecular weight excluding hydrogens is 180 g/mol. The Morgan fingerprint density at radius 3 is 2.57 bits per heavy atom. The first-order chi connectivity index (χ1) is 6.83. The molecule has 0 radical (unpaired) electrons. The van der Waals surface area contributed by atoms with E-state index in [2.05, 4.69) is 0 Å². The van der Waals surface area contributed by atoms with Crippen LogP contribution in [0.5, 0.6) is 0 Å². The fourth-order valence-corrected chi connectivity index (χ4v) is 1.57. The molecule has 0 spiro atoms. The lowest BCUT2D eigenvalue weighted by Crippen LogP contribution is -2.07. The zero-order chi connectivity index (χ0) is 10.2. The Morgan fingerprint density at radius 1 is 1.07 bits per heavy atom. The van der Waals surface area contributed by atoms with Gasteiger partial charge >= 0.3 is 5.97 Å². The van der Waals surface area contributed by atoms with Crippen LogP contribution in [0.1, 0.15) is 38.5 Å². The first-order valence-electron chi connectivity index (χ1n) is 5.12. The van der Waals surface area contributed by atoms with Gasteiger partial charge in [0.2, 0.25) is 0 Å². The molecule has 0 aromatic heterocycles. The van der Waals surface area contributed by atoms with Crippen molar-refractivity contribution in [1.82, 2.24) is 0 Å². The molecule has 1 fully saturated rings. The van der Waals surface area contributed by atoms with E-state index in [1.165, 1.54) is 5.57 Å². The first kappa shape index (κ1) is 11.0. The van der Waals surface area contributed by atoms with E-state index in [4.69, 9.17) is 4.74 Å². The largest absolute Gasteiger partial charge is 0.466 e. The van der Waals surface area contributed by atoms with Crippen LogP contribution in [0.4, 0.5) is 0 Å². The third-order valence-electron chi connectivity index (χ3n) is 2.34. The molecule has 3 nitrogen and oxygen atoms in total. The van der Waals surface area contributed by atoms with Gasteiger partial charge in [-0.25, -0.2) is 0 Å². The molecule has 1 saturated heterocycles. The van der Waals surface area contributed by atoms with Crippen LogP contribution >= 0.6 is 0 Å². The minimum atomic E-state index is -0.0900. The highest BCUT2D eigenvalue weighted by Gasteiger charge is 2.06. The van der Waals surface area contributed by atoms with Crippen molar-refractivity contribution >= 4 is 12.3 Å².